The van der Waals surface area contributed by atoms with Crippen molar-refractivity contribution in [1.29, 1.82) is 0 Å². The lowest BCUT2D eigenvalue weighted by molar-refractivity contribution is -0.135. The molecule has 0 radical (unpaired) electrons. The van der Waals surface area contributed by atoms with Gasteiger partial charge in [-0.15, -0.1) is 0 Å². The summed E-state index contributed by atoms with van der Waals surface area (Å²) in [6, 6.07) is 3.37. The van der Waals surface area contributed by atoms with E-state index in [0.717, 1.165) is 6.07 Å². The summed E-state index contributed by atoms with van der Waals surface area (Å²) in [5.74, 6) is -4.84. The molecule has 158 valence electrons. The smallest absolute Gasteiger partial charge is 0.387 e. The number of hydrogen-bond acceptors (Lipinski definition) is 5. The number of carbonyl (C=O) groups excluding carboxylic acids is 2. The number of benzene rings is 1. The number of nitrogens with one attached hydrogen (secondary N) is 2. The van der Waals surface area contributed by atoms with E-state index in [1.165, 1.54) is 17.0 Å². The fraction of sp³-hybridized carbons (Fsp3) is 0.412. The van der Waals surface area contributed by atoms with Gasteiger partial charge in [-0.25, -0.2) is 9.82 Å². The van der Waals surface area contributed by atoms with Gasteiger partial charge in [0.25, 0.3) is 0 Å². The van der Waals surface area contributed by atoms with Crippen molar-refractivity contribution in [1.82, 2.24) is 15.3 Å². The molecule has 1 aromatic carbocycles. The van der Waals surface area contributed by atoms with E-state index in [1.54, 1.807) is 19.1 Å². The first-order chi connectivity index (χ1) is 13.6. The lowest BCUT2D eigenvalue weighted by Crippen LogP contribution is -2.38. The molecule has 29 heavy (non-hydrogen) atoms. The first kappa shape index (κ1) is 21.7. The van der Waals surface area contributed by atoms with Gasteiger partial charge in [0.15, 0.2) is 11.6 Å². The molecule has 3 rings (SSSR count). The topological polar surface area (TPSA) is 73.9 Å². The van der Waals surface area contributed by atoms with Gasteiger partial charge in [-0.2, -0.15) is 8.78 Å². The number of likely N-dealkylation sites (tertiary alicyclic amines) is 1. The van der Waals surface area contributed by atoms with Crippen LogP contribution in [0.1, 0.15) is 0 Å². The molecule has 2 heterocycles. The summed E-state index contributed by atoms with van der Waals surface area (Å²) in [4.78, 5) is 27.0. The number of carbonyl (C=O) groups is 2. The number of halogens is 5. The normalized spacial score (nSPS) is 24.7. The highest BCUT2D eigenvalue weighted by Crippen LogP contribution is 2.40. The van der Waals surface area contributed by atoms with Crippen molar-refractivity contribution in [3.63, 3.8) is 0 Å². The van der Waals surface area contributed by atoms with Gasteiger partial charge in [0.2, 0.25) is 11.8 Å². The fourth-order valence-electron chi connectivity index (χ4n) is 3.48. The summed E-state index contributed by atoms with van der Waals surface area (Å²) in [6.07, 6.45) is 0. The van der Waals surface area contributed by atoms with Crippen LogP contribution in [0.2, 0.25) is 0 Å². The van der Waals surface area contributed by atoms with Gasteiger partial charge >= 0.3 is 6.61 Å². The van der Waals surface area contributed by atoms with Crippen LogP contribution < -0.4 is 15.5 Å². The van der Waals surface area contributed by atoms with Crippen molar-refractivity contribution < 1.29 is 27.5 Å². The van der Waals surface area contributed by atoms with Crippen molar-refractivity contribution in [3.05, 3.63) is 34.2 Å². The number of hydrazine groups is 1. The van der Waals surface area contributed by atoms with E-state index in [1.807, 2.05) is 0 Å². The average Bonchev–Trinajstić information content (AvgIpc) is 3.05. The van der Waals surface area contributed by atoms with Crippen LogP contribution in [0.3, 0.4) is 0 Å². The summed E-state index contributed by atoms with van der Waals surface area (Å²) < 4.78 is 43.9. The molecular formula is C17H17BrClF3N4O3. The molecule has 2 amide bonds. The number of hydrogen-bond donors (Lipinski definition) is 2. The second-order valence-electron chi connectivity index (χ2n) is 6.57. The van der Waals surface area contributed by atoms with Gasteiger partial charge in [-0.1, -0.05) is 33.6 Å². The first-order valence-electron chi connectivity index (χ1n) is 8.44. The molecule has 12 heteroatoms. The Morgan fingerprint density at radius 3 is 2.69 bits per heavy atom. The van der Waals surface area contributed by atoms with Crippen LogP contribution in [-0.2, 0) is 9.59 Å². The van der Waals surface area contributed by atoms with Gasteiger partial charge in [-0.3, -0.25) is 9.59 Å². The summed E-state index contributed by atoms with van der Waals surface area (Å²) in [5.41, 5.74) is 2.70. The van der Waals surface area contributed by atoms with Crippen LogP contribution in [0.15, 0.2) is 28.4 Å². The highest BCUT2D eigenvalue weighted by atomic mass is 79.9. The van der Waals surface area contributed by atoms with Gasteiger partial charge in [0.05, 0.1) is 5.69 Å². The Balaban J connectivity index is 1.92. The predicted molar refractivity (Wildman–Crippen MR) is 103 cm³/mol. The molecule has 0 aliphatic carbocycles. The maximum absolute atomic E-state index is 13.9. The summed E-state index contributed by atoms with van der Waals surface area (Å²) >= 11 is 9.54. The lowest BCUT2D eigenvalue weighted by Gasteiger charge is -2.24. The molecule has 0 saturated carbocycles. The Morgan fingerprint density at radius 1 is 1.41 bits per heavy atom. The van der Waals surface area contributed by atoms with Crippen LogP contribution in [0.25, 0.3) is 0 Å². The van der Waals surface area contributed by atoms with E-state index in [-0.39, 0.29) is 12.2 Å². The quantitative estimate of drug-likeness (QED) is 0.372. The Bertz CT molecular complexity index is 872. The number of ether oxygens (including phenoxy) is 1. The molecule has 1 aromatic rings. The van der Waals surface area contributed by atoms with Crippen LogP contribution in [-0.4, -0.2) is 54.5 Å². The number of alkyl halides is 3. The van der Waals surface area contributed by atoms with E-state index in [4.69, 9.17) is 11.6 Å². The minimum Gasteiger partial charge on any atom is -0.429 e. The number of para-hydroxylation sites is 1. The van der Waals surface area contributed by atoms with Crippen LogP contribution in [0.4, 0.5) is 18.9 Å². The third-order valence-corrected chi connectivity index (χ3v) is 6.16. The number of amides is 2. The van der Waals surface area contributed by atoms with E-state index in [9.17, 15) is 22.8 Å². The summed E-state index contributed by atoms with van der Waals surface area (Å²) in [6.45, 7) is -3.05. The molecular weight excluding hydrogens is 481 g/mol. The van der Waals surface area contributed by atoms with E-state index in [0.29, 0.717) is 10.2 Å². The molecule has 0 aromatic heterocycles. The molecule has 3 atom stereocenters. The van der Waals surface area contributed by atoms with E-state index in [2.05, 4.69) is 31.4 Å². The van der Waals surface area contributed by atoms with Crippen LogP contribution in [0.5, 0.6) is 5.75 Å². The third-order valence-electron chi connectivity index (χ3n) is 4.72. The monoisotopic (exact) mass is 496 g/mol. The van der Waals surface area contributed by atoms with Gasteiger partial charge in [-0.05, 0) is 12.1 Å². The Labute approximate surface area is 177 Å². The second kappa shape index (κ2) is 8.41. The number of rotatable bonds is 5. The average molecular weight is 498 g/mol. The van der Waals surface area contributed by atoms with E-state index >= 15 is 0 Å². The zero-order valence-corrected chi connectivity index (χ0v) is 17.6. The predicted octanol–water partition coefficient (Wildman–Crippen LogP) is 2.69. The molecule has 1 unspecified atom stereocenters. The Morgan fingerprint density at radius 2 is 2.10 bits per heavy atom. The Kier molecular flexibility index (Phi) is 6.30. The maximum atomic E-state index is 13.9. The van der Waals surface area contributed by atoms with Crippen molar-refractivity contribution in [2.45, 2.75) is 12.1 Å². The minimum absolute atomic E-state index is 0.237. The fourth-order valence-corrected chi connectivity index (χ4v) is 4.40. The largest absolute Gasteiger partial charge is 0.429 e. The standard InChI is InChI=1S/C17H17BrClF3N4O3/c1-25-6-7(12-11(18)14(19)24-26(12)2)10(16(25)28)15(27)23-9-5-3-4-8(20)13(9)29-17(21)22/h3-5,7,10,14,17,24H,6H2,1-2H3,(H,23,27)/t7-,10-,14?/m0/s1. The third kappa shape index (κ3) is 4.17. The van der Waals surface area contributed by atoms with Crippen molar-refractivity contribution in [2.75, 3.05) is 26.0 Å². The molecule has 2 N–H and O–H groups in total. The zero-order valence-electron chi connectivity index (χ0n) is 15.3. The van der Waals surface area contributed by atoms with Crippen LogP contribution >= 0.6 is 27.5 Å². The van der Waals surface area contributed by atoms with E-state index < -0.39 is 47.3 Å². The molecule has 0 spiro atoms. The van der Waals surface area contributed by atoms with Crippen molar-refractivity contribution in [2.24, 2.45) is 11.8 Å². The number of anilines is 1. The molecule has 1 fully saturated rings. The molecule has 2 aliphatic heterocycles. The lowest BCUT2D eigenvalue weighted by atomic mass is 9.91. The van der Waals surface area contributed by atoms with Crippen molar-refractivity contribution >= 4 is 45.0 Å². The molecule has 1 saturated heterocycles. The maximum Gasteiger partial charge on any atom is 0.387 e. The summed E-state index contributed by atoms with van der Waals surface area (Å²) in [7, 11) is 3.24. The van der Waals surface area contributed by atoms with Gasteiger partial charge in [0.1, 0.15) is 11.4 Å². The second-order valence-corrected chi connectivity index (χ2v) is 7.86. The van der Waals surface area contributed by atoms with Gasteiger partial charge in [0, 0.05) is 36.7 Å². The highest BCUT2D eigenvalue weighted by molar-refractivity contribution is 9.11. The van der Waals surface area contributed by atoms with Crippen LogP contribution in [0, 0.1) is 17.7 Å². The Hall–Kier alpha value is -1.98. The molecule has 2 aliphatic rings. The number of nitrogens with zero attached hydrogens (tertiary/aromatic N) is 2. The molecule has 7 nitrogen and oxygen atoms in total. The first-order valence-corrected chi connectivity index (χ1v) is 9.67. The molecule has 0 bridgehead atoms. The SMILES string of the molecule is CN1C[C@H](C2=C(Br)C(Cl)NN2C)[C@@H](C(=O)Nc2cccc(F)c2OC(F)F)C1=O. The highest BCUT2D eigenvalue weighted by Gasteiger charge is 2.48. The zero-order chi connectivity index (χ0) is 21.5. The van der Waals surface area contributed by atoms with Crippen molar-refractivity contribution in [3.8, 4) is 5.75 Å². The minimum atomic E-state index is -3.28. The summed E-state index contributed by atoms with van der Waals surface area (Å²) in [5, 5.41) is 3.97. The van der Waals surface area contributed by atoms with Gasteiger partial charge < -0.3 is 20.0 Å².